The van der Waals surface area contributed by atoms with Crippen LogP contribution < -0.4 is 11.1 Å². The van der Waals surface area contributed by atoms with Gasteiger partial charge in [0.25, 0.3) is 0 Å². The zero-order chi connectivity index (χ0) is 25.2. The minimum absolute atomic E-state index is 0.0238. The number of unbranched alkanes of at least 4 members (excludes halogenated alkanes) is 2. The normalized spacial score (nSPS) is 13.2. The number of aryl methyl sites for hydroxylation is 1. The van der Waals surface area contributed by atoms with E-state index in [-0.39, 0.29) is 5.91 Å². The molecular formula is C31H41N3O. The van der Waals surface area contributed by atoms with Gasteiger partial charge in [0.15, 0.2) is 0 Å². The molecule has 3 rings (SSSR count). The van der Waals surface area contributed by atoms with Gasteiger partial charge < -0.3 is 16.0 Å². The number of fused-ring (bicyclic) bond motifs is 1. The Kier molecular flexibility index (Phi) is 9.77. The standard InChI is InChI=1S/C31H41N3O/c1-5-8-9-11-16-26-25(7-3)24(6-2)21-27-23(4)34(22-28(26)27)20-15-10-12-19-31(35)33-30-18-14-13-17-29(30)32/h5,8-9,11,13-14,17-18,21H,4,6-7,10,12,15-16,19-20,22,32H2,1-3H3,(H,33,35)/b8-5-,11-9-. The average Bonchev–Trinajstić information content (AvgIpc) is 3.17. The molecule has 4 heteroatoms. The summed E-state index contributed by atoms with van der Waals surface area (Å²) in [6, 6.07) is 9.76. The molecule has 1 heterocycles. The van der Waals surface area contributed by atoms with Gasteiger partial charge in [-0.25, -0.2) is 0 Å². The van der Waals surface area contributed by atoms with E-state index < -0.39 is 0 Å². The Morgan fingerprint density at radius 3 is 2.63 bits per heavy atom. The third kappa shape index (κ3) is 6.66. The van der Waals surface area contributed by atoms with Gasteiger partial charge in [0.2, 0.25) is 5.91 Å². The van der Waals surface area contributed by atoms with E-state index >= 15 is 0 Å². The van der Waals surface area contributed by atoms with Crippen molar-refractivity contribution in [3.8, 4) is 0 Å². The number of hydrogen-bond acceptors (Lipinski definition) is 3. The Bertz CT molecular complexity index is 1100. The summed E-state index contributed by atoms with van der Waals surface area (Å²) >= 11 is 0. The topological polar surface area (TPSA) is 58.4 Å². The third-order valence-electron chi connectivity index (χ3n) is 6.86. The van der Waals surface area contributed by atoms with E-state index in [2.05, 4.69) is 61.0 Å². The first-order valence-electron chi connectivity index (χ1n) is 13.0. The van der Waals surface area contributed by atoms with Gasteiger partial charge in [-0.1, -0.05) is 63.3 Å². The lowest BCUT2D eigenvalue weighted by Crippen LogP contribution is -2.17. The fourth-order valence-electron chi connectivity index (χ4n) is 4.96. The van der Waals surface area contributed by atoms with Crippen molar-refractivity contribution in [2.24, 2.45) is 0 Å². The van der Waals surface area contributed by atoms with Crippen LogP contribution in [0, 0.1) is 0 Å². The van der Waals surface area contributed by atoms with Crippen molar-refractivity contribution in [2.45, 2.75) is 72.3 Å². The van der Waals surface area contributed by atoms with E-state index in [0.29, 0.717) is 17.8 Å². The lowest BCUT2D eigenvalue weighted by atomic mass is 9.88. The lowest BCUT2D eigenvalue weighted by molar-refractivity contribution is -0.116. The number of anilines is 2. The molecule has 4 nitrogen and oxygen atoms in total. The molecule has 0 fully saturated rings. The largest absolute Gasteiger partial charge is 0.397 e. The van der Waals surface area contributed by atoms with Crippen LogP contribution in [0.4, 0.5) is 11.4 Å². The Morgan fingerprint density at radius 1 is 1.11 bits per heavy atom. The number of nitrogen functional groups attached to an aromatic ring is 1. The number of carbonyl (C=O) groups is 1. The number of nitrogens with one attached hydrogen (secondary N) is 1. The number of rotatable bonds is 12. The molecule has 0 aliphatic carbocycles. The molecular weight excluding hydrogens is 430 g/mol. The van der Waals surface area contributed by atoms with Crippen LogP contribution in [0.1, 0.15) is 74.3 Å². The Hall–Kier alpha value is -3.27. The molecule has 0 bridgehead atoms. The van der Waals surface area contributed by atoms with Gasteiger partial charge in [-0.15, -0.1) is 0 Å². The number of nitrogens with zero attached hydrogens (tertiary/aromatic N) is 1. The van der Waals surface area contributed by atoms with Crippen LogP contribution in [0.2, 0.25) is 0 Å². The maximum atomic E-state index is 12.3. The van der Waals surface area contributed by atoms with Gasteiger partial charge in [0.1, 0.15) is 0 Å². The molecule has 0 saturated carbocycles. The van der Waals surface area contributed by atoms with Gasteiger partial charge >= 0.3 is 0 Å². The number of hydrogen-bond donors (Lipinski definition) is 2. The maximum absolute atomic E-state index is 12.3. The molecule has 1 aliphatic rings. The first-order valence-corrected chi connectivity index (χ1v) is 13.0. The summed E-state index contributed by atoms with van der Waals surface area (Å²) in [6.07, 6.45) is 15.1. The van der Waals surface area contributed by atoms with E-state index in [1.165, 1.54) is 27.8 Å². The van der Waals surface area contributed by atoms with Crippen molar-refractivity contribution in [1.82, 2.24) is 4.90 Å². The molecule has 0 atom stereocenters. The average molecular weight is 472 g/mol. The predicted molar refractivity (Wildman–Crippen MR) is 150 cm³/mol. The molecule has 3 N–H and O–H groups in total. The molecule has 35 heavy (non-hydrogen) atoms. The van der Waals surface area contributed by atoms with E-state index in [0.717, 1.165) is 57.3 Å². The van der Waals surface area contributed by atoms with E-state index in [1.807, 2.05) is 25.1 Å². The second-order valence-electron chi connectivity index (χ2n) is 9.20. The molecule has 1 amide bonds. The first kappa shape index (κ1) is 26.3. The van der Waals surface area contributed by atoms with Crippen LogP contribution >= 0.6 is 0 Å². The SMILES string of the molecule is C=C1c2cc(CC)c(CC)c(C/C=C\C=C/C)c2CN1CCCCCC(=O)Nc1ccccc1N. The minimum atomic E-state index is 0.0238. The molecule has 0 unspecified atom stereocenters. The number of amides is 1. The Balaban J connectivity index is 1.57. The van der Waals surface area contributed by atoms with Crippen molar-refractivity contribution < 1.29 is 4.79 Å². The zero-order valence-electron chi connectivity index (χ0n) is 21.7. The van der Waals surface area contributed by atoms with Crippen molar-refractivity contribution in [2.75, 3.05) is 17.6 Å². The Labute approximate surface area is 211 Å². The van der Waals surface area contributed by atoms with Crippen LogP contribution in [0.5, 0.6) is 0 Å². The molecule has 0 aromatic heterocycles. The highest BCUT2D eigenvalue weighted by atomic mass is 16.1. The summed E-state index contributed by atoms with van der Waals surface area (Å²) in [7, 11) is 0. The van der Waals surface area contributed by atoms with Crippen LogP contribution in [0.25, 0.3) is 5.70 Å². The quantitative estimate of drug-likeness (QED) is 0.198. The van der Waals surface area contributed by atoms with Crippen molar-refractivity contribution in [1.29, 1.82) is 0 Å². The number of para-hydroxylation sites is 2. The summed E-state index contributed by atoms with van der Waals surface area (Å²) < 4.78 is 0. The van der Waals surface area contributed by atoms with Crippen LogP contribution in [-0.4, -0.2) is 17.4 Å². The van der Waals surface area contributed by atoms with Crippen LogP contribution in [-0.2, 0) is 30.6 Å². The molecule has 186 valence electrons. The van der Waals surface area contributed by atoms with Crippen molar-refractivity contribution in [3.63, 3.8) is 0 Å². The monoisotopic (exact) mass is 471 g/mol. The lowest BCUT2D eigenvalue weighted by Gasteiger charge is -2.19. The highest BCUT2D eigenvalue weighted by molar-refractivity contribution is 5.93. The first-order chi connectivity index (χ1) is 17.0. The van der Waals surface area contributed by atoms with Crippen molar-refractivity contribution >= 4 is 23.0 Å². The summed E-state index contributed by atoms with van der Waals surface area (Å²) in [6.45, 7) is 12.9. The van der Waals surface area contributed by atoms with Crippen molar-refractivity contribution in [3.05, 3.63) is 89.0 Å². The molecule has 2 aromatic rings. The zero-order valence-corrected chi connectivity index (χ0v) is 21.7. The number of carbonyl (C=O) groups excluding carboxylic acids is 1. The number of nitrogens with two attached hydrogens (primary N) is 1. The Morgan fingerprint density at radius 2 is 1.91 bits per heavy atom. The van der Waals surface area contributed by atoms with E-state index in [1.54, 1.807) is 6.07 Å². The van der Waals surface area contributed by atoms with Gasteiger partial charge in [0.05, 0.1) is 11.4 Å². The maximum Gasteiger partial charge on any atom is 0.224 e. The second kappa shape index (κ2) is 13.0. The van der Waals surface area contributed by atoms with Gasteiger partial charge in [0, 0.05) is 30.8 Å². The smallest absolute Gasteiger partial charge is 0.224 e. The van der Waals surface area contributed by atoms with E-state index in [4.69, 9.17) is 5.73 Å². The summed E-state index contributed by atoms with van der Waals surface area (Å²) in [5.41, 5.74) is 15.6. The third-order valence-corrected chi connectivity index (χ3v) is 6.86. The van der Waals surface area contributed by atoms with E-state index in [9.17, 15) is 4.79 Å². The summed E-state index contributed by atoms with van der Waals surface area (Å²) in [5, 5.41) is 2.92. The minimum Gasteiger partial charge on any atom is -0.397 e. The molecule has 0 saturated heterocycles. The fraction of sp³-hybridized carbons (Fsp3) is 0.387. The van der Waals surface area contributed by atoms with Gasteiger partial charge in [-0.2, -0.15) is 0 Å². The summed E-state index contributed by atoms with van der Waals surface area (Å²) in [5.74, 6) is 0.0238. The second-order valence-corrected chi connectivity index (χ2v) is 9.20. The van der Waals surface area contributed by atoms with Gasteiger partial charge in [-0.3, -0.25) is 4.79 Å². The summed E-state index contributed by atoms with van der Waals surface area (Å²) in [4.78, 5) is 14.7. The predicted octanol–water partition coefficient (Wildman–Crippen LogP) is 7.05. The van der Waals surface area contributed by atoms with Crippen LogP contribution in [0.15, 0.2) is 61.2 Å². The number of allylic oxidation sites excluding steroid dienone is 4. The highest BCUT2D eigenvalue weighted by Gasteiger charge is 2.26. The van der Waals surface area contributed by atoms with Crippen LogP contribution in [0.3, 0.4) is 0 Å². The molecule has 1 aliphatic heterocycles. The molecule has 0 spiro atoms. The molecule has 0 radical (unpaired) electrons. The molecule has 2 aromatic carbocycles. The fourth-order valence-corrected chi connectivity index (χ4v) is 4.96. The highest BCUT2D eigenvalue weighted by Crippen LogP contribution is 2.38. The number of benzene rings is 2. The van der Waals surface area contributed by atoms with Gasteiger partial charge in [-0.05, 0) is 79.5 Å².